The second-order valence-electron chi connectivity index (χ2n) is 5.45. The quantitative estimate of drug-likeness (QED) is 0.863. The van der Waals surface area contributed by atoms with E-state index in [4.69, 9.17) is 5.73 Å². The normalized spacial score (nSPS) is 21.1. The third-order valence-electron chi connectivity index (χ3n) is 4.13. The second kappa shape index (κ2) is 6.15. The Hall–Kier alpha value is -0.890. The summed E-state index contributed by atoms with van der Waals surface area (Å²) < 4.78 is 0. The first kappa shape index (κ1) is 12.6. The van der Waals surface area contributed by atoms with Gasteiger partial charge >= 0.3 is 0 Å². The molecule has 0 radical (unpaired) electrons. The van der Waals surface area contributed by atoms with Crippen LogP contribution in [0, 0.1) is 5.92 Å². The molecule has 94 valence electrons. The highest BCUT2D eigenvalue weighted by Crippen LogP contribution is 2.30. The van der Waals surface area contributed by atoms with Gasteiger partial charge in [0.25, 0.3) is 0 Å². The van der Waals surface area contributed by atoms with Crippen molar-refractivity contribution in [1.29, 1.82) is 0 Å². The lowest BCUT2D eigenvalue weighted by Crippen LogP contribution is -2.30. The molecule has 1 saturated carbocycles. The molecule has 1 aliphatic rings. The van der Waals surface area contributed by atoms with E-state index in [1.807, 2.05) is 18.3 Å². The summed E-state index contributed by atoms with van der Waals surface area (Å²) >= 11 is 0. The lowest BCUT2D eigenvalue weighted by molar-refractivity contribution is 0.305. The molecule has 0 aromatic carbocycles. The van der Waals surface area contributed by atoms with Gasteiger partial charge in [0.1, 0.15) is 0 Å². The molecule has 2 rings (SSSR count). The number of hydrogen-bond acceptors (Lipinski definition) is 2. The van der Waals surface area contributed by atoms with Crippen molar-refractivity contribution in [3.63, 3.8) is 0 Å². The molecular weight excluding hydrogens is 208 g/mol. The molecule has 1 fully saturated rings. The standard InChI is InChI=1S/C15H24N2/c1-12(15-9-5-6-10-17-15)14(16)11-13-7-3-2-4-8-13/h5-6,9-10,12-14H,2-4,7-8,11,16H2,1H3. The summed E-state index contributed by atoms with van der Waals surface area (Å²) in [6.07, 6.45) is 9.99. The van der Waals surface area contributed by atoms with Gasteiger partial charge < -0.3 is 5.73 Å². The second-order valence-corrected chi connectivity index (χ2v) is 5.45. The van der Waals surface area contributed by atoms with Crippen LogP contribution >= 0.6 is 0 Å². The lowest BCUT2D eigenvalue weighted by atomic mass is 9.82. The average molecular weight is 232 g/mol. The van der Waals surface area contributed by atoms with Crippen molar-refractivity contribution in [3.05, 3.63) is 30.1 Å². The maximum absolute atomic E-state index is 6.34. The van der Waals surface area contributed by atoms with Crippen molar-refractivity contribution >= 4 is 0 Å². The summed E-state index contributed by atoms with van der Waals surface area (Å²) in [6.45, 7) is 2.20. The third kappa shape index (κ3) is 3.53. The fourth-order valence-corrected chi connectivity index (χ4v) is 2.88. The van der Waals surface area contributed by atoms with Gasteiger partial charge in [-0.05, 0) is 24.5 Å². The predicted molar refractivity (Wildman–Crippen MR) is 71.8 cm³/mol. The first-order valence-corrected chi connectivity index (χ1v) is 6.94. The van der Waals surface area contributed by atoms with Crippen molar-refractivity contribution in [2.24, 2.45) is 11.7 Å². The minimum Gasteiger partial charge on any atom is -0.327 e. The highest BCUT2D eigenvalue weighted by atomic mass is 14.7. The first-order valence-electron chi connectivity index (χ1n) is 6.94. The Bertz CT molecular complexity index is 317. The summed E-state index contributed by atoms with van der Waals surface area (Å²) in [4.78, 5) is 4.41. The largest absolute Gasteiger partial charge is 0.327 e. The van der Waals surface area contributed by atoms with E-state index in [1.165, 1.54) is 32.1 Å². The summed E-state index contributed by atoms with van der Waals surface area (Å²) in [7, 11) is 0. The number of rotatable bonds is 4. The third-order valence-corrected chi connectivity index (χ3v) is 4.13. The molecule has 1 aliphatic carbocycles. The van der Waals surface area contributed by atoms with Crippen LogP contribution in [-0.4, -0.2) is 11.0 Å². The molecule has 2 nitrogen and oxygen atoms in total. The van der Waals surface area contributed by atoms with Crippen molar-refractivity contribution in [1.82, 2.24) is 4.98 Å². The lowest BCUT2D eigenvalue weighted by Gasteiger charge is -2.27. The van der Waals surface area contributed by atoms with E-state index < -0.39 is 0 Å². The Kier molecular flexibility index (Phi) is 4.55. The molecule has 1 aromatic rings. The van der Waals surface area contributed by atoms with E-state index in [0.29, 0.717) is 5.92 Å². The van der Waals surface area contributed by atoms with Gasteiger partial charge in [-0.1, -0.05) is 45.1 Å². The molecule has 0 saturated heterocycles. The number of nitrogens with two attached hydrogens (primary N) is 1. The van der Waals surface area contributed by atoms with E-state index in [1.54, 1.807) is 0 Å². The smallest absolute Gasteiger partial charge is 0.0447 e. The first-order chi connectivity index (χ1) is 8.27. The number of hydrogen-bond donors (Lipinski definition) is 1. The fraction of sp³-hybridized carbons (Fsp3) is 0.667. The minimum atomic E-state index is 0.257. The van der Waals surface area contributed by atoms with Crippen LogP contribution in [0.5, 0.6) is 0 Å². The van der Waals surface area contributed by atoms with E-state index in [9.17, 15) is 0 Å². The molecule has 2 heteroatoms. The maximum Gasteiger partial charge on any atom is 0.0447 e. The molecule has 17 heavy (non-hydrogen) atoms. The van der Waals surface area contributed by atoms with Gasteiger partial charge in [0.05, 0.1) is 0 Å². The van der Waals surface area contributed by atoms with Crippen LogP contribution in [0.1, 0.15) is 57.1 Å². The number of aromatic nitrogens is 1. The zero-order chi connectivity index (χ0) is 12.1. The topological polar surface area (TPSA) is 38.9 Å². The van der Waals surface area contributed by atoms with Crippen LogP contribution in [0.2, 0.25) is 0 Å². The number of nitrogens with zero attached hydrogens (tertiary/aromatic N) is 1. The molecule has 0 bridgehead atoms. The van der Waals surface area contributed by atoms with E-state index in [-0.39, 0.29) is 6.04 Å². The highest BCUT2D eigenvalue weighted by molar-refractivity contribution is 5.10. The fourth-order valence-electron chi connectivity index (χ4n) is 2.88. The van der Waals surface area contributed by atoms with Crippen LogP contribution in [0.15, 0.2) is 24.4 Å². The molecule has 2 atom stereocenters. The van der Waals surface area contributed by atoms with Gasteiger partial charge in [-0.3, -0.25) is 4.98 Å². The van der Waals surface area contributed by atoms with E-state index in [2.05, 4.69) is 18.0 Å². The van der Waals surface area contributed by atoms with Crippen molar-refractivity contribution in [2.75, 3.05) is 0 Å². The van der Waals surface area contributed by atoms with Gasteiger partial charge in [-0.25, -0.2) is 0 Å². The summed E-state index contributed by atoms with van der Waals surface area (Å²) in [6, 6.07) is 6.36. The molecule has 2 unspecified atom stereocenters. The SMILES string of the molecule is CC(c1ccccn1)C(N)CC1CCCCC1. The van der Waals surface area contributed by atoms with Crippen molar-refractivity contribution < 1.29 is 0 Å². The molecule has 2 N–H and O–H groups in total. The van der Waals surface area contributed by atoms with Gasteiger partial charge in [-0.15, -0.1) is 0 Å². The Morgan fingerprint density at radius 2 is 2.06 bits per heavy atom. The Balaban J connectivity index is 1.88. The van der Waals surface area contributed by atoms with Crippen LogP contribution in [-0.2, 0) is 0 Å². The van der Waals surface area contributed by atoms with Gasteiger partial charge in [0.15, 0.2) is 0 Å². The summed E-state index contributed by atoms with van der Waals surface area (Å²) in [5.74, 6) is 1.23. The molecule has 0 aliphatic heterocycles. The predicted octanol–water partition coefficient (Wildman–Crippen LogP) is 3.48. The van der Waals surface area contributed by atoms with Gasteiger partial charge in [0.2, 0.25) is 0 Å². The molecule has 1 heterocycles. The Morgan fingerprint density at radius 1 is 1.29 bits per heavy atom. The van der Waals surface area contributed by atoms with Gasteiger partial charge in [-0.2, -0.15) is 0 Å². The minimum absolute atomic E-state index is 0.257. The van der Waals surface area contributed by atoms with Crippen molar-refractivity contribution in [2.45, 2.75) is 57.4 Å². The molecule has 1 aromatic heterocycles. The van der Waals surface area contributed by atoms with Crippen LogP contribution < -0.4 is 5.73 Å². The summed E-state index contributed by atoms with van der Waals surface area (Å²) in [5.41, 5.74) is 7.48. The van der Waals surface area contributed by atoms with E-state index >= 15 is 0 Å². The zero-order valence-electron chi connectivity index (χ0n) is 10.8. The summed E-state index contributed by atoms with van der Waals surface area (Å²) in [5, 5.41) is 0. The monoisotopic (exact) mass is 232 g/mol. The Labute approximate surface area is 105 Å². The molecule has 0 spiro atoms. The van der Waals surface area contributed by atoms with Crippen LogP contribution in [0.3, 0.4) is 0 Å². The molecular formula is C15H24N2. The average Bonchev–Trinajstić information content (AvgIpc) is 2.40. The van der Waals surface area contributed by atoms with Crippen LogP contribution in [0.4, 0.5) is 0 Å². The van der Waals surface area contributed by atoms with E-state index in [0.717, 1.165) is 18.0 Å². The maximum atomic E-state index is 6.34. The zero-order valence-corrected chi connectivity index (χ0v) is 10.8. The molecule has 0 amide bonds. The van der Waals surface area contributed by atoms with Crippen LogP contribution in [0.25, 0.3) is 0 Å². The number of pyridine rings is 1. The van der Waals surface area contributed by atoms with Gasteiger partial charge in [0, 0.05) is 23.9 Å². The van der Waals surface area contributed by atoms with Crippen molar-refractivity contribution in [3.8, 4) is 0 Å². The highest BCUT2D eigenvalue weighted by Gasteiger charge is 2.21. The Morgan fingerprint density at radius 3 is 2.71 bits per heavy atom.